The molecule has 1 N–H and O–H groups in total. The summed E-state index contributed by atoms with van der Waals surface area (Å²) in [6.45, 7) is 5.98. The lowest BCUT2D eigenvalue weighted by molar-refractivity contribution is -0.384. The molecule has 1 unspecified atom stereocenters. The first-order valence-corrected chi connectivity index (χ1v) is 15.4. The lowest BCUT2D eigenvalue weighted by Gasteiger charge is -2.43. The minimum Gasteiger partial charge on any atom is -0.410 e. The lowest BCUT2D eigenvalue weighted by atomic mass is 10.2. The smallest absolute Gasteiger partial charge is 0.410 e. The number of likely N-dealkylation sites (N-methyl/N-ethyl adjacent to an activating group) is 1. The fraction of sp³-hybridized carbons (Fsp3) is 0.367. The van der Waals surface area contributed by atoms with Crippen molar-refractivity contribution in [3.63, 3.8) is 0 Å². The van der Waals surface area contributed by atoms with Crippen molar-refractivity contribution in [2.45, 2.75) is 44.4 Å². The number of nitro benzene ring substituents is 1. The molecule has 12 heteroatoms. The van der Waals surface area contributed by atoms with Crippen molar-refractivity contribution in [1.82, 2.24) is 10.2 Å². The summed E-state index contributed by atoms with van der Waals surface area (Å²) in [5, 5.41) is 14.8. The quantitative estimate of drug-likeness (QED) is 0.127. The molecule has 0 fully saturated rings. The van der Waals surface area contributed by atoms with Gasteiger partial charge in [-0.3, -0.25) is 15.0 Å². The van der Waals surface area contributed by atoms with E-state index in [2.05, 4.69) is 50.4 Å². The molecule has 1 amide bonds. The topological polar surface area (TPSA) is 93.9 Å². The Morgan fingerprint density at radius 1 is 0.952 bits per heavy atom. The normalized spacial score (nSPS) is 13.0. The van der Waals surface area contributed by atoms with E-state index in [1.54, 1.807) is 0 Å². The van der Waals surface area contributed by atoms with Crippen molar-refractivity contribution < 1.29 is 32.1 Å². The summed E-state index contributed by atoms with van der Waals surface area (Å²) in [4.78, 5) is 23.4. The molecule has 1 atom stereocenters. The maximum atomic E-state index is 13.9. The molecule has 42 heavy (non-hydrogen) atoms. The second-order valence-corrected chi connectivity index (χ2v) is 15.2. The molecule has 3 aromatic rings. The number of halogens is 3. The van der Waals surface area contributed by atoms with Crippen molar-refractivity contribution >= 4 is 30.5 Å². The Hall–Kier alpha value is -3.74. The number of rotatable bonds is 12. The molecule has 0 radical (unpaired) electrons. The van der Waals surface area contributed by atoms with Crippen LogP contribution in [0.5, 0.6) is 5.75 Å². The fourth-order valence-electron chi connectivity index (χ4n) is 4.94. The largest absolute Gasteiger partial charge is 0.412 e. The molecular formula is C30H36F3N3O5Si. The van der Waals surface area contributed by atoms with Crippen LogP contribution in [0, 0.1) is 10.1 Å². The number of benzene rings is 3. The summed E-state index contributed by atoms with van der Waals surface area (Å²) in [6.07, 6.45) is -5.38. The second kappa shape index (κ2) is 13.9. The van der Waals surface area contributed by atoms with Crippen LogP contribution < -0.4 is 20.4 Å². The highest BCUT2D eigenvalue weighted by atomic mass is 28.4. The number of nitrogens with zero attached hydrogens (tertiary/aromatic N) is 2. The van der Waals surface area contributed by atoms with Gasteiger partial charge < -0.3 is 14.5 Å². The first kappa shape index (κ1) is 32.8. The summed E-state index contributed by atoms with van der Waals surface area (Å²) in [7, 11) is -1.46. The summed E-state index contributed by atoms with van der Waals surface area (Å²) in [5.41, 5.74) is -0.208. The van der Waals surface area contributed by atoms with Gasteiger partial charge in [0.1, 0.15) is 11.8 Å². The van der Waals surface area contributed by atoms with Gasteiger partial charge in [0.05, 0.1) is 4.92 Å². The lowest BCUT2D eigenvalue weighted by Crippen LogP contribution is -2.66. The van der Waals surface area contributed by atoms with Gasteiger partial charge >= 0.3 is 12.3 Å². The number of amides is 1. The zero-order chi connectivity index (χ0) is 31.0. The molecule has 0 saturated heterocycles. The highest BCUT2D eigenvalue weighted by Crippen LogP contribution is 2.37. The minimum absolute atomic E-state index is 0.0320. The third-order valence-corrected chi connectivity index (χ3v) is 12.0. The van der Waals surface area contributed by atoms with Crippen molar-refractivity contribution in [3.8, 4) is 5.75 Å². The standard InChI is InChI=1S/C30H36F3N3O5Si/c1-29(2,3)42(25-12-7-5-8-13-25,26-14-9-6-10-15-26)40-21-11-20-35(4)27(30(31,32)33)22-34-28(37)41-24-18-16-23(17-19-24)36(38)39/h5-10,12-19,27H,11,20-22H2,1-4H3,(H,34,37). The van der Waals surface area contributed by atoms with Crippen molar-refractivity contribution in [2.75, 3.05) is 26.7 Å². The number of carbonyl (C=O) groups excluding carboxylic acids is 1. The Morgan fingerprint density at radius 2 is 1.48 bits per heavy atom. The molecule has 0 aromatic heterocycles. The first-order valence-electron chi connectivity index (χ1n) is 13.5. The van der Waals surface area contributed by atoms with E-state index in [9.17, 15) is 28.1 Å². The Kier molecular flexibility index (Phi) is 10.9. The molecule has 0 saturated carbocycles. The number of nitrogens with one attached hydrogen (secondary N) is 1. The Bertz CT molecular complexity index is 1260. The predicted octanol–water partition coefficient (Wildman–Crippen LogP) is 5.51. The van der Waals surface area contributed by atoms with Gasteiger partial charge in [0.15, 0.2) is 0 Å². The van der Waals surface area contributed by atoms with E-state index in [-0.39, 0.29) is 29.6 Å². The van der Waals surface area contributed by atoms with E-state index >= 15 is 0 Å². The number of hydrogen-bond acceptors (Lipinski definition) is 6. The predicted molar refractivity (Wildman–Crippen MR) is 158 cm³/mol. The molecule has 3 rings (SSSR count). The average molecular weight is 604 g/mol. The highest BCUT2D eigenvalue weighted by Gasteiger charge is 2.50. The molecular weight excluding hydrogens is 567 g/mol. The SMILES string of the molecule is CN(CCCO[Si](c1ccccc1)(c1ccccc1)C(C)(C)C)C(CNC(=O)Oc1ccc([N+](=O)[O-])cc1)C(F)(F)F. The number of ether oxygens (including phenoxy) is 1. The molecule has 0 aliphatic heterocycles. The Morgan fingerprint density at radius 3 is 1.93 bits per heavy atom. The molecule has 3 aromatic carbocycles. The zero-order valence-electron chi connectivity index (χ0n) is 24.1. The van der Waals surface area contributed by atoms with Crippen LogP contribution in [0.4, 0.5) is 23.7 Å². The molecule has 0 bridgehead atoms. The summed E-state index contributed by atoms with van der Waals surface area (Å²) in [6, 6.07) is 22.7. The van der Waals surface area contributed by atoms with Crippen LogP contribution in [0.1, 0.15) is 27.2 Å². The number of hydrogen-bond donors (Lipinski definition) is 1. The fourth-order valence-corrected chi connectivity index (χ4v) is 9.54. The van der Waals surface area contributed by atoms with Crippen molar-refractivity contribution in [2.24, 2.45) is 0 Å². The molecule has 0 aliphatic carbocycles. The zero-order valence-corrected chi connectivity index (χ0v) is 25.1. The Labute approximate surface area is 244 Å². The average Bonchev–Trinajstić information content (AvgIpc) is 2.93. The van der Waals surface area contributed by atoms with Crippen molar-refractivity contribution in [1.29, 1.82) is 0 Å². The van der Waals surface area contributed by atoms with Crippen LogP contribution in [-0.2, 0) is 4.43 Å². The molecule has 226 valence electrons. The van der Waals surface area contributed by atoms with E-state index in [0.29, 0.717) is 6.42 Å². The van der Waals surface area contributed by atoms with Crippen LogP contribution >= 0.6 is 0 Å². The van der Waals surface area contributed by atoms with Gasteiger partial charge in [-0.2, -0.15) is 13.2 Å². The Balaban J connectivity index is 1.65. The summed E-state index contributed by atoms with van der Waals surface area (Å²) < 4.78 is 53.6. The number of carbonyl (C=O) groups is 1. The third-order valence-electron chi connectivity index (χ3n) is 7.00. The van der Waals surface area contributed by atoms with Gasteiger partial charge in [0.25, 0.3) is 14.0 Å². The number of nitro groups is 1. The van der Waals surface area contributed by atoms with E-state index < -0.39 is 38.1 Å². The second-order valence-electron chi connectivity index (χ2n) is 10.9. The van der Waals surface area contributed by atoms with Gasteiger partial charge in [-0.15, -0.1) is 0 Å². The maximum Gasteiger partial charge on any atom is 0.412 e. The van der Waals surface area contributed by atoms with Crippen LogP contribution in [-0.4, -0.2) is 63.2 Å². The monoisotopic (exact) mass is 603 g/mol. The molecule has 0 spiro atoms. The number of alkyl halides is 3. The van der Waals surface area contributed by atoms with E-state index in [1.807, 2.05) is 36.4 Å². The van der Waals surface area contributed by atoms with Crippen LogP contribution in [0.15, 0.2) is 84.9 Å². The molecule has 0 aliphatic rings. The minimum atomic E-state index is -4.62. The summed E-state index contributed by atoms with van der Waals surface area (Å²) in [5.74, 6) is -0.0320. The molecule has 8 nitrogen and oxygen atoms in total. The van der Waals surface area contributed by atoms with Crippen LogP contribution in [0.2, 0.25) is 5.04 Å². The van der Waals surface area contributed by atoms with Gasteiger partial charge in [0, 0.05) is 31.8 Å². The first-order chi connectivity index (χ1) is 19.8. The van der Waals surface area contributed by atoms with Crippen molar-refractivity contribution in [3.05, 3.63) is 95.0 Å². The van der Waals surface area contributed by atoms with Gasteiger partial charge in [-0.05, 0) is 41.0 Å². The van der Waals surface area contributed by atoms with Gasteiger partial charge in [0.2, 0.25) is 0 Å². The van der Waals surface area contributed by atoms with Gasteiger partial charge in [-0.1, -0.05) is 81.4 Å². The maximum absolute atomic E-state index is 13.9. The van der Waals surface area contributed by atoms with Crippen LogP contribution in [0.25, 0.3) is 0 Å². The van der Waals surface area contributed by atoms with E-state index in [0.717, 1.165) is 27.4 Å². The molecule has 0 heterocycles. The third kappa shape index (κ3) is 8.17. The van der Waals surface area contributed by atoms with Crippen LogP contribution in [0.3, 0.4) is 0 Å². The van der Waals surface area contributed by atoms with Gasteiger partial charge in [-0.25, -0.2) is 4.79 Å². The highest BCUT2D eigenvalue weighted by molar-refractivity contribution is 6.99. The number of non-ortho nitro benzene ring substituents is 1. The van der Waals surface area contributed by atoms with E-state index in [4.69, 9.17) is 9.16 Å². The van der Waals surface area contributed by atoms with E-state index in [1.165, 1.54) is 19.2 Å². The summed E-state index contributed by atoms with van der Waals surface area (Å²) >= 11 is 0.